The van der Waals surface area contributed by atoms with Crippen LogP contribution in [0.2, 0.25) is 0 Å². The van der Waals surface area contributed by atoms with Gasteiger partial charge in [-0.3, -0.25) is 9.69 Å². The van der Waals surface area contributed by atoms with Crippen LogP contribution in [0, 0.1) is 5.92 Å². The Labute approximate surface area is 155 Å². The van der Waals surface area contributed by atoms with Crippen molar-refractivity contribution in [1.29, 1.82) is 0 Å². The van der Waals surface area contributed by atoms with E-state index in [4.69, 9.17) is 4.74 Å². The number of carbonyl (C=O) groups excluding carboxylic acids is 1. The lowest BCUT2D eigenvalue weighted by molar-refractivity contribution is 0.0297. The Kier molecular flexibility index (Phi) is 4.47. The van der Waals surface area contributed by atoms with Crippen molar-refractivity contribution in [2.24, 2.45) is 5.92 Å². The first kappa shape index (κ1) is 17.8. The molecule has 0 aromatic heterocycles. The van der Waals surface area contributed by atoms with Crippen LogP contribution in [-0.4, -0.2) is 74.0 Å². The monoisotopic (exact) mass is 378 g/mol. The number of hydrogen-bond donors (Lipinski definition) is 0. The first-order chi connectivity index (χ1) is 12.3. The summed E-state index contributed by atoms with van der Waals surface area (Å²) in [5.74, 6) is 1.50. The molecule has 0 spiro atoms. The van der Waals surface area contributed by atoms with E-state index in [2.05, 4.69) is 18.7 Å². The summed E-state index contributed by atoms with van der Waals surface area (Å²) < 4.78 is 30.1. The van der Waals surface area contributed by atoms with E-state index >= 15 is 0 Å². The van der Waals surface area contributed by atoms with Gasteiger partial charge in [0.25, 0.3) is 5.91 Å². The average molecular weight is 378 g/mol. The molecule has 2 atom stereocenters. The third-order valence-electron chi connectivity index (χ3n) is 5.59. The van der Waals surface area contributed by atoms with Crippen LogP contribution in [-0.2, 0) is 16.3 Å². The molecule has 2 fully saturated rings. The summed E-state index contributed by atoms with van der Waals surface area (Å²) in [6, 6.07) is 5.23. The first-order valence-corrected chi connectivity index (χ1v) is 11.2. The lowest BCUT2D eigenvalue weighted by Crippen LogP contribution is -2.61. The van der Waals surface area contributed by atoms with E-state index in [0.29, 0.717) is 24.6 Å². The molecule has 0 unspecified atom stereocenters. The number of ether oxygens (including phenoxy) is 1. The van der Waals surface area contributed by atoms with E-state index < -0.39 is 9.84 Å². The summed E-state index contributed by atoms with van der Waals surface area (Å²) in [6.07, 6.45) is 0.819. The van der Waals surface area contributed by atoms with Gasteiger partial charge in [0.15, 0.2) is 9.84 Å². The summed E-state index contributed by atoms with van der Waals surface area (Å²) in [5, 5.41) is 0. The Morgan fingerprint density at radius 3 is 2.77 bits per heavy atom. The molecule has 0 radical (unpaired) electrons. The normalized spacial score (nSPS) is 27.3. The first-order valence-electron chi connectivity index (χ1n) is 9.35. The smallest absolute Gasteiger partial charge is 0.254 e. The highest BCUT2D eigenvalue weighted by molar-refractivity contribution is 7.91. The zero-order chi connectivity index (χ0) is 18.5. The second kappa shape index (κ2) is 6.53. The fraction of sp³-hybridized carbons (Fsp3) is 0.632. The Balaban J connectivity index is 1.59. The van der Waals surface area contributed by atoms with Crippen molar-refractivity contribution >= 4 is 15.7 Å². The molecular formula is C19H26N2O4S. The summed E-state index contributed by atoms with van der Waals surface area (Å²) >= 11 is 0. The second-order valence-corrected chi connectivity index (χ2v) is 10.2. The molecule has 4 rings (SSSR count). The van der Waals surface area contributed by atoms with Gasteiger partial charge in [-0.25, -0.2) is 8.42 Å². The van der Waals surface area contributed by atoms with Crippen molar-refractivity contribution < 1.29 is 17.9 Å². The molecule has 26 heavy (non-hydrogen) atoms. The van der Waals surface area contributed by atoms with Gasteiger partial charge in [0, 0.05) is 37.7 Å². The van der Waals surface area contributed by atoms with E-state index in [9.17, 15) is 13.2 Å². The molecule has 2 saturated heterocycles. The molecule has 0 aliphatic carbocycles. The van der Waals surface area contributed by atoms with Crippen molar-refractivity contribution in [2.45, 2.75) is 32.4 Å². The lowest BCUT2D eigenvalue weighted by Gasteiger charge is -2.44. The summed E-state index contributed by atoms with van der Waals surface area (Å²) in [7, 11) is -3.11. The van der Waals surface area contributed by atoms with Crippen molar-refractivity contribution in [2.75, 3.05) is 37.7 Å². The van der Waals surface area contributed by atoms with Crippen LogP contribution in [0.5, 0.6) is 5.75 Å². The van der Waals surface area contributed by atoms with Crippen LogP contribution in [0.25, 0.3) is 0 Å². The fourth-order valence-electron chi connectivity index (χ4n) is 4.46. The zero-order valence-electron chi connectivity index (χ0n) is 15.3. The third kappa shape index (κ3) is 3.22. The molecule has 3 aliphatic rings. The van der Waals surface area contributed by atoms with Crippen LogP contribution >= 0.6 is 0 Å². The van der Waals surface area contributed by atoms with Gasteiger partial charge in [0.05, 0.1) is 24.2 Å². The largest absolute Gasteiger partial charge is 0.493 e. The summed E-state index contributed by atoms with van der Waals surface area (Å²) in [4.78, 5) is 17.2. The SMILES string of the molecule is CC(C)CN1CCN(C(=O)c2ccc3c(c2)CCO3)[C@H]2CS(=O)(=O)C[C@H]21. The summed E-state index contributed by atoms with van der Waals surface area (Å²) in [6.45, 7) is 7.12. The van der Waals surface area contributed by atoms with Crippen molar-refractivity contribution in [3.8, 4) is 5.75 Å². The number of carbonyl (C=O) groups is 1. The molecule has 1 amide bonds. The Morgan fingerprint density at radius 1 is 1.23 bits per heavy atom. The molecule has 3 heterocycles. The number of hydrogen-bond acceptors (Lipinski definition) is 5. The number of rotatable bonds is 3. The maximum atomic E-state index is 13.2. The number of amides is 1. The van der Waals surface area contributed by atoms with Gasteiger partial charge >= 0.3 is 0 Å². The van der Waals surface area contributed by atoms with Crippen LogP contribution < -0.4 is 4.74 Å². The molecule has 7 heteroatoms. The molecule has 0 saturated carbocycles. The predicted molar refractivity (Wildman–Crippen MR) is 99.3 cm³/mol. The van der Waals surface area contributed by atoms with Gasteiger partial charge in [-0.05, 0) is 29.7 Å². The van der Waals surface area contributed by atoms with E-state index in [0.717, 1.165) is 30.8 Å². The molecule has 6 nitrogen and oxygen atoms in total. The van der Waals surface area contributed by atoms with Gasteiger partial charge < -0.3 is 9.64 Å². The van der Waals surface area contributed by atoms with Crippen molar-refractivity contribution in [1.82, 2.24) is 9.80 Å². The minimum atomic E-state index is -3.11. The topological polar surface area (TPSA) is 66.9 Å². The lowest BCUT2D eigenvalue weighted by atomic mass is 10.0. The van der Waals surface area contributed by atoms with Gasteiger partial charge in [-0.15, -0.1) is 0 Å². The highest BCUT2D eigenvalue weighted by Crippen LogP contribution is 2.31. The van der Waals surface area contributed by atoms with Crippen LogP contribution in [0.1, 0.15) is 29.8 Å². The third-order valence-corrected chi connectivity index (χ3v) is 7.29. The Bertz CT molecular complexity index is 821. The number of sulfone groups is 1. The Morgan fingerprint density at radius 2 is 2.00 bits per heavy atom. The maximum absolute atomic E-state index is 13.2. The average Bonchev–Trinajstić information content (AvgIpc) is 3.16. The van der Waals surface area contributed by atoms with Crippen molar-refractivity contribution in [3.05, 3.63) is 29.3 Å². The van der Waals surface area contributed by atoms with Crippen LogP contribution in [0.3, 0.4) is 0 Å². The second-order valence-electron chi connectivity index (χ2n) is 8.02. The van der Waals surface area contributed by atoms with E-state index in [1.54, 1.807) is 11.0 Å². The van der Waals surface area contributed by atoms with E-state index in [1.165, 1.54) is 0 Å². The minimum Gasteiger partial charge on any atom is -0.493 e. The van der Waals surface area contributed by atoms with Gasteiger partial charge in [-0.1, -0.05) is 13.8 Å². The minimum absolute atomic E-state index is 0.0593. The molecule has 0 N–H and O–H groups in total. The van der Waals surface area contributed by atoms with Gasteiger partial charge in [0.2, 0.25) is 0 Å². The highest BCUT2D eigenvalue weighted by atomic mass is 32.2. The van der Waals surface area contributed by atoms with Gasteiger partial charge in [-0.2, -0.15) is 0 Å². The van der Waals surface area contributed by atoms with E-state index in [1.807, 2.05) is 12.1 Å². The van der Waals surface area contributed by atoms with Gasteiger partial charge in [0.1, 0.15) is 5.75 Å². The zero-order valence-corrected chi connectivity index (χ0v) is 16.2. The molecular weight excluding hydrogens is 352 g/mol. The summed E-state index contributed by atoms with van der Waals surface area (Å²) in [5.41, 5.74) is 1.69. The fourth-order valence-corrected chi connectivity index (χ4v) is 6.47. The van der Waals surface area contributed by atoms with Crippen molar-refractivity contribution in [3.63, 3.8) is 0 Å². The van der Waals surface area contributed by atoms with Crippen LogP contribution in [0.15, 0.2) is 18.2 Å². The van der Waals surface area contributed by atoms with Crippen LogP contribution in [0.4, 0.5) is 0 Å². The number of fused-ring (bicyclic) bond motifs is 2. The molecule has 1 aromatic rings. The highest BCUT2D eigenvalue weighted by Gasteiger charge is 2.48. The molecule has 3 aliphatic heterocycles. The molecule has 142 valence electrons. The number of benzene rings is 1. The number of nitrogens with zero attached hydrogens (tertiary/aromatic N) is 2. The van der Waals surface area contributed by atoms with E-state index in [-0.39, 0.29) is 29.5 Å². The maximum Gasteiger partial charge on any atom is 0.254 e. The molecule has 0 bridgehead atoms. The Hall–Kier alpha value is -1.60. The quantitative estimate of drug-likeness (QED) is 0.791. The molecule has 1 aromatic carbocycles. The standard InChI is InChI=1S/C19H26N2O4S/c1-13(2)10-20-6-7-21(17-12-26(23,24)11-16(17)20)19(22)15-3-4-18-14(9-15)5-8-25-18/h3-4,9,13,16-17H,5-8,10-12H2,1-2H3/t16-,17+/m1/s1. The predicted octanol–water partition coefficient (Wildman–Crippen LogP) is 1.20. The number of piperazine rings is 1.